The third-order valence-corrected chi connectivity index (χ3v) is 4.48. The summed E-state index contributed by atoms with van der Waals surface area (Å²) in [6.07, 6.45) is 0. The summed E-state index contributed by atoms with van der Waals surface area (Å²) in [6.45, 7) is 1.87. The van der Waals surface area contributed by atoms with Crippen molar-refractivity contribution in [2.45, 2.75) is 13.0 Å². The number of aromatic nitrogens is 2. The number of nitrogens with zero attached hydrogens (tertiary/aromatic N) is 2. The Morgan fingerprint density at radius 2 is 1.86 bits per heavy atom. The Labute approximate surface area is 146 Å². The van der Waals surface area contributed by atoms with Crippen LogP contribution < -0.4 is 10.4 Å². The summed E-state index contributed by atoms with van der Waals surface area (Å²) in [4.78, 5) is 20.2. The highest BCUT2D eigenvalue weighted by molar-refractivity contribution is 14.1. The van der Waals surface area contributed by atoms with E-state index in [-0.39, 0.29) is 11.6 Å². The highest BCUT2D eigenvalue weighted by Gasteiger charge is 2.17. The van der Waals surface area contributed by atoms with Gasteiger partial charge in [-0.1, -0.05) is 12.1 Å². The van der Waals surface area contributed by atoms with Gasteiger partial charge in [-0.15, -0.1) is 0 Å². The first kappa shape index (κ1) is 15.5. The van der Waals surface area contributed by atoms with Crippen LogP contribution in [0.1, 0.15) is 18.8 Å². The molecule has 0 saturated carbocycles. The molecule has 2 aromatic carbocycles. The summed E-state index contributed by atoms with van der Waals surface area (Å²) < 4.78 is 2.71. The molecule has 0 aliphatic carbocycles. The minimum atomic E-state index is -0.266. The first-order valence-electron chi connectivity index (χ1n) is 6.75. The Bertz CT molecular complexity index is 877. The molecule has 112 valence electrons. The van der Waals surface area contributed by atoms with Crippen LogP contribution in [0, 0.1) is 3.57 Å². The number of benzene rings is 2. The summed E-state index contributed by atoms with van der Waals surface area (Å²) in [5.41, 5.74) is 1.35. The first-order valence-corrected chi connectivity index (χ1v) is 8.21. The summed E-state index contributed by atoms with van der Waals surface area (Å²) in [6, 6.07) is 14.8. The molecule has 6 heteroatoms. The number of hydrogen-bond acceptors (Lipinski definition) is 3. The fourth-order valence-corrected chi connectivity index (χ4v) is 2.79. The first-order chi connectivity index (χ1) is 10.6. The van der Waals surface area contributed by atoms with Gasteiger partial charge in [0.25, 0.3) is 5.56 Å². The van der Waals surface area contributed by atoms with E-state index in [2.05, 4.69) is 32.4 Å². The van der Waals surface area contributed by atoms with Gasteiger partial charge in [0.15, 0.2) is 0 Å². The van der Waals surface area contributed by atoms with Gasteiger partial charge >= 0.3 is 0 Å². The average Bonchev–Trinajstić information content (AvgIpc) is 2.55. The highest BCUT2D eigenvalue weighted by atomic mass is 127. The van der Waals surface area contributed by atoms with Crippen molar-refractivity contribution in [2.75, 3.05) is 0 Å². The zero-order chi connectivity index (χ0) is 15.7. The van der Waals surface area contributed by atoms with Crippen LogP contribution in [0.5, 0.6) is 0 Å². The van der Waals surface area contributed by atoms with Gasteiger partial charge in [-0.05, 0) is 77.7 Å². The van der Waals surface area contributed by atoms with Crippen molar-refractivity contribution >= 4 is 45.3 Å². The predicted molar refractivity (Wildman–Crippen MR) is 97.5 cm³/mol. The number of halogens is 2. The minimum absolute atomic E-state index is 0.0967. The fraction of sp³-hybridized carbons (Fsp3) is 0.125. The minimum Gasteiger partial charge on any atom is -0.268 e. The third kappa shape index (κ3) is 2.76. The number of rotatable bonds is 3. The number of hydrogen-bond donors (Lipinski definition) is 1. The van der Waals surface area contributed by atoms with Crippen molar-refractivity contribution in [2.24, 2.45) is 0 Å². The van der Waals surface area contributed by atoms with Crippen LogP contribution in [0.25, 0.3) is 16.6 Å². The van der Waals surface area contributed by atoms with Crippen LogP contribution in [-0.4, -0.2) is 9.55 Å². The van der Waals surface area contributed by atoms with E-state index >= 15 is 0 Å². The molecular formula is C16H13ClIN3O. The zero-order valence-corrected chi connectivity index (χ0v) is 14.7. The maximum absolute atomic E-state index is 12.9. The van der Waals surface area contributed by atoms with Gasteiger partial charge in [0.2, 0.25) is 0 Å². The Morgan fingerprint density at radius 3 is 2.55 bits per heavy atom. The van der Waals surface area contributed by atoms with E-state index in [1.54, 1.807) is 10.6 Å². The van der Waals surface area contributed by atoms with Crippen molar-refractivity contribution in [3.63, 3.8) is 0 Å². The van der Waals surface area contributed by atoms with E-state index in [0.717, 1.165) is 9.26 Å². The largest absolute Gasteiger partial charge is 0.268 e. The second-order valence-corrected chi connectivity index (χ2v) is 6.40. The monoisotopic (exact) mass is 425 g/mol. The van der Waals surface area contributed by atoms with Gasteiger partial charge in [0.05, 0.1) is 22.6 Å². The summed E-state index contributed by atoms with van der Waals surface area (Å²) in [7, 11) is 0. The molecule has 0 amide bonds. The highest BCUT2D eigenvalue weighted by Crippen LogP contribution is 2.19. The van der Waals surface area contributed by atoms with Crippen molar-refractivity contribution in [3.8, 4) is 5.69 Å². The number of nitrogens with one attached hydrogen (secondary N) is 1. The standard InChI is InChI=1S/C16H13ClIN3O/c1-10(20-17)15-19-14-5-3-2-4-13(14)16(22)21(15)12-8-6-11(18)7-9-12/h2-10,20H,1H3/t10-/m0/s1. The fourth-order valence-electron chi connectivity index (χ4n) is 2.33. The number of para-hydroxylation sites is 1. The van der Waals surface area contributed by atoms with Crippen LogP contribution in [0.2, 0.25) is 0 Å². The molecule has 3 rings (SSSR count). The summed E-state index contributed by atoms with van der Waals surface area (Å²) in [5, 5.41) is 0.589. The van der Waals surface area contributed by atoms with Gasteiger partial charge in [0.1, 0.15) is 5.82 Å². The maximum Gasteiger partial charge on any atom is 0.266 e. The molecule has 1 aromatic heterocycles. The van der Waals surface area contributed by atoms with Gasteiger partial charge in [-0.2, -0.15) is 0 Å². The van der Waals surface area contributed by atoms with Crippen LogP contribution in [0.15, 0.2) is 53.3 Å². The molecule has 1 N–H and O–H groups in total. The van der Waals surface area contributed by atoms with Gasteiger partial charge in [-0.25, -0.2) is 9.82 Å². The second-order valence-electron chi connectivity index (χ2n) is 4.93. The second kappa shape index (κ2) is 6.36. The van der Waals surface area contributed by atoms with Crippen molar-refractivity contribution < 1.29 is 0 Å². The molecule has 0 fully saturated rings. The van der Waals surface area contributed by atoms with Crippen molar-refractivity contribution in [3.05, 3.63) is 68.3 Å². The molecule has 1 heterocycles. The maximum atomic E-state index is 12.9. The third-order valence-electron chi connectivity index (χ3n) is 3.44. The van der Waals surface area contributed by atoms with Gasteiger partial charge in [-0.3, -0.25) is 9.36 Å². The Balaban J connectivity index is 2.37. The van der Waals surface area contributed by atoms with E-state index in [1.807, 2.05) is 49.4 Å². The zero-order valence-electron chi connectivity index (χ0n) is 11.8. The molecule has 0 unspecified atom stereocenters. The SMILES string of the molecule is C[C@H](NCl)c1nc2ccccc2c(=O)n1-c1ccc(I)cc1. The Morgan fingerprint density at radius 1 is 1.18 bits per heavy atom. The van der Waals surface area contributed by atoms with E-state index in [4.69, 9.17) is 11.8 Å². The molecule has 22 heavy (non-hydrogen) atoms. The molecule has 3 aromatic rings. The van der Waals surface area contributed by atoms with E-state index in [9.17, 15) is 4.79 Å². The van der Waals surface area contributed by atoms with Crippen LogP contribution >= 0.6 is 34.4 Å². The Kier molecular flexibility index (Phi) is 4.46. The summed E-state index contributed by atoms with van der Waals surface area (Å²) in [5.74, 6) is 0.583. The lowest BCUT2D eigenvalue weighted by atomic mass is 10.2. The van der Waals surface area contributed by atoms with E-state index < -0.39 is 0 Å². The van der Waals surface area contributed by atoms with Gasteiger partial charge in [0, 0.05) is 3.57 Å². The molecule has 0 spiro atoms. The molecule has 0 aliphatic heterocycles. The molecule has 1 atom stereocenters. The molecular weight excluding hydrogens is 413 g/mol. The normalized spacial score (nSPS) is 12.5. The lowest BCUT2D eigenvalue weighted by molar-refractivity contribution is 0.652. The predicted octanol–water partition coefficient (Wildman–Crippen LogP) is 3.79. The van der Waals surface area contributed by atoms with Crippen LogP contribution in [0.3, 0.4) is 0 Å². The van der Waals surface area contributed by atoms with Gasteiger partial charge < -0.3 is 0 Å². The molecule has 0 radical (unpaired) electrons. The topological polar surface area (TPSA) is 46.9 Å². The molecule has 0 saturated heterocycles. The molecule has 0 aliphatic rings. The quantitative estimate of drug-likeness (QED) is 0.513. The van der Waals surface area contributed by atoms with Crippen LogP contribution in [-0.2, 0) is 0 Å². The van der Waals surface area contributed by atoms with Crippen LogP contribution in [0.4, 0.5) is 0 Å². The lowest BCUT2D eigenvalue weighted by Crippen LogP contribution is -2.27. The smallest absolute Gasteiger partial charge is 0.266 e. The van der Waals surface area contributed by atoms with Crippen molar-refractivity contribution in [1.29, 1.82) is 0 Å². The Hall–Kier alpha value is -1.44. The average molecular weight is 426 g/mol. The summed E-state index contributed by atoms with van der Waals surface area (Å²) >= 11 is 8.00. The lowest BCUT2D eigenvalue weighted by Gasteiger charge is -2.17. The molecule has 4 nitrogen and oxygen atoms in total. The van der Waals surface area contributed by atoms with E-state index in [0.29, 0.717) is 16.7 Å². The number of fused-ring (bicyclic) bond motifs is 1. The van der Waals surface area contributed by atoms with Crippen molar-refractivity contribution in [1.82, 2.24) is 14.4 Å². The van der Waals surface area contributed by atoms with E-state index in [1.165, 1.54) is 0 Å². The molecule has 0 bridgehead atoms.